The molecule has 4 atom stereocenters. The molecule has 0 spiro atoms. The maximum absolute atomic E-state index is 15.3. The van der Waals surface area contributed by atoms with Gasteiger partial charge in [-0.3, -0.25) is 9.36 Å². The number of carbonyl (C=O) groups excluding carboxylic acids is 1. The van der Waals surface area contributed by atoms with E-state index in [0.717, 1.165) is 5.56 Å². The average molecular weight is 544 g/mol. The highest BCUT2D eigenvalue weighted by Crippen LogP contribution is 2.36. The molecule has 0 amide bonds. The summed E-state index contributed by atoms with van der Waals surface area (Å²) >= 11 is 6.54. The maximum Gasteiger partial charge on any atom is 0.303 e. The minimum absolute atomic E-state index is 0.0543. The molecule has 1 saturated heterocycles. The van der Waals surface area contributed by atoms with Crippen LogP contribution in [-0.2, 0) is 25.6 Å². The monoisotopic (exact) mass is 542 g/mol. The second-order valence-corrected chi connectivity index (χ2v) is 8.15. The van der Waals surface area contributed by atoms with Gasteiger partial charge in [0, 0.05) is 6.92 Å². The predicted octanol–water partition coefficient (Wildman–Crippen LogP) is 3.74. The molecule has 0 radical (unpaired) electrons. The van der Waals surface area contributed by atoms with E-state index in [9.17, 15) is 4.79 Å². The Morgan fingerprint density at radius 2 is 2.03 bits per heavy atom. The van der Waals surface area contributed by atoms with Gasteiger partial charge in [0.05, 0.1) is 19.5 Å². The van der Waals surface area contributed by atoms with E-state index in [1.807, 2.05) is 30.3 Å². The van der Waals surface area contributed by atoms with Crippen molar-refractivity contribution in [1.82, 2.24) is 19.5 Å². The van der Waals surface area contributed by atoms with Crippen LogP contribution in [0.25, 0.3) is 11.2 Å². The summed E-state index contributed by atoms with van der Waals surface area (Å²) in [5.41, 5.74) is 1.81. The number of rotatable bonds is 6. The zero-order chi connectivity index (χ0) is 21.3. The molecule has 1 aliphatic heterocycles. The summed E-state index contributed by atoms with van der Waals surface area (Å²) in [5.74, 6) is -0.594. The third kappa shape index (κ3) is 4.39. The Balaban J connectivity index is 1.55. The van der Waals surface area contributed by atoms with Gasteiger partial charge in [0.1, 0.15) is 16.2 Å². The van der Waals surface area contributed by atoms with Crippen LogP contribution in [0.3, 0.4) is 0 Å². The molecule has 11 heteroatoms. The molecule has 1 aromatic carbocycles. The number of fused-ring (bicyclic) bond motifs is 1. The van der Waals surface area contributed by atoms with E-state index in [1.54, 1.807) is 0 Å². The molecule has 0 N–H and O–H groups in total. The zero-order valence-corrected chi connectivity index (χ0v) is 18.9. The SMILES string of the molecule is CC(=O)O[C@H]1[C@@H](F)[C@H](n2cnc3c(Br)nc(Br)nc32)O[C@@H]1COCc1ccccc1. The van der Waals surface area contributed by atoms with Gasteiger partial charge in [-0.25, -0.2) is 19.3 Å². The first-order valence-electron chi connectivity index (χ1n) is 9.08. The summed E-state index contributed by atoms with van der Waals surface area (Å²) in [6.45, 7) is 1.62. The average Bonchev–Trinajstić information content (AvgIpc) is 3.25. The van der Waals surface area contributed by atoms with E-state index in [1.165, 1.54) is 17.8 Å². The number of ether oxygens (including phenoxy) is 3. The van der Waals surface area contributed by atoms with E-state index in [-0.39, 0.29) is 6.61 Å². The number of carbonyl (C=O) groups is 1. The Kier molecular flexibility index (Phi) is 6.42. The van der Waals surface area contributed by atoms with Crippen LogP contribution in [0.4, 0.5) is 4.39 Å². The Labute approximate surface area is 188 Å². The fraction of sp³-hybridized carbons (Fsp3) is 0.368. The molecule has 30 heavy (non-hydrogen) atoms. The van der Waals surface area contributed by atoms with Gasteiger partial charge in [0.15, 0.2) is 28.9 Å². The van der Waals surface area contributed by atoms with Crippen LogP contribution in [0.15, 0.2) is 46.0 Å². The second-order valence-electron chi connectivity index (χ2n) is 6.69. The number of alkyl halides is 1. The minimum Gasteiger partial charge on any atom is -0.456 e. The fourth-order valence-electron chi connectivity index (χ4n) is 3.30. The van der Waals surface area contributed by atoms with Crippen LogP contribution in [0.5, 0.6) is 0 Å². The lowest BCUT2D eigenvalue weighted by molar-refractivity contribution is -0.153. The van der Waals surface area contributed by atoms with Crippen molar-refractivity contribution in [2.75, 3.05) is 6.61 Å². The highest BCUT2D eigenvalue weighted by Gasteiger charge is 2.49. The zero-order valence-electron chi connectivity index (χ0n) is 15.7. The third-order valence-corrected chi connectivity index (χ3v) is 5.50. The van der Waals surface area contributed by atoms with Crippen LogP contribution >= 0.6 is 31.9 Å². The molecule has 158 valence electrons. The topological polar surface area (TPSA) is 88.4 Å². The Bertz CT molecular complexity index is 1050. The maximum atomic E-state index is 15.3. The van der Waals surface area contributed by atoms with E-state index >= 15 is 4.39 Å². The predicted molar refractivity (Wildman–Crippen MR) is 111 cm³/mol. The van der Waals surface area contributed by atoms with Crippen molar-refractivity contribution in [3.8, 4) is 0 Å². The number of benzene rings is 1. The van der Waals surface area contributed by atoms with Gasteiger partial charge in [0.25, 0.3) is 0 Å². The lowest BCUT2D eigenvalue weighted by atomic mass is 10.1. The molecule has 1 fully saturated rings. The highest BCUT2D eigenvalue weighted by molar-refractivity contribution is 9.11. The van der Waals surface area contributed by atoms with Crippen LogP contribution in [0.2, 0.25) is 0 Å². The smallest absolute Gasteiger partial charge is 0.303 e. The van der Waals surface area contributed by atoms with E-state index in [2.05, 4.69) is 46.8 Å². The Morgan fingerprint density at radius 3 is 2.77 bits per heavy atom. The lowest BCUT2D eigenvalue weighted by Gasteiger charge is -2.18. The molecule has 0 saturated carbocycles. The number of imidazole rings is 1. The normalized spacial score (nSPS) is 23.7. The van der Waals surface area contributed by atoms with Crippen LogP contribution in [-0.4, -0.2) is 50.5 Å². The molecular formula is C19H17Br2FN4O4. The van der Waals surface area contributed by atoms with Crippen LogP contribution < -0.4 is 0 Å². The summed E-state index contributed by atoms with van der Waals surface area (Å²) in [4.78, 5) is 24.2. The van der Waals surface area contributed by atoms with Gasteiger partial charge in [-0.2, -0.15) is 0 Å². The molecular weight excluding hydrogens is 527 g/mol. The summed E-state index contributed by atoms with van der Waals surface area (Å²) in [5, 5.41) is 0. The molecule has 2 aromatic heterocycles. The highest BCUT2D eigenvalue weighted by atomic mass is 79.9. The molecule has 4 rings (SSSR count). The number of nitrogens with zero attached hydrogens (tertiary/aromatic N) is 4. The van der Waals surface area contributed by atoms with Crippen molar-refractivity contribution in [1.29, 1.82) is 0 Å². The quantitative estimate of drug-likeness (QED) is 0.266. The first kappa shape index (κ1) is 21.3. The van der Waals surface area contributed by atoms with Gasteiger partial charge in [-0.05, 0) is 37.4 Å². The fourth-order valence-corrected chi connectivity index (χ4v) is 4.33. The minimum atomic E-state index is -1.64. The van der Waals surface area contributed by atoms with Gasteiger partial charge < -0.3 is 14.2 Å². The van der Waals surface area contributed by atoms with Crippen molar-refractivity contribution in [2.45, 2.75) is 38.1 Å². The van der Waals surface area contributed by atoms with Gasteiger partial charge in [-0.1, -0.05) is 30.3 Å². The number of aromatic nitrogens is 4. The van der Waals surface area contributed by atoms with Crippen molar-refractivity contribution in [3.63, 3.8) is 0 Å². The van der Waals surface area contributed by atoms with Crippen molar-refractivity contribution in [3.05, 3.63) is 51.6 Å². The van der Waals surface area contributed by atoms with Crippen molar-refractivity contribution < 1.29 is 23.4 Å². The third-order valence-electron chi connectivity index (χ3n) is 4.59. The first-order chi connectivity index (χ1) is 14.4. The molecule has 1 aliphatic rings. The summed E-state index contributed by atoms with van der Waals surface area (Å²) in [7, 11) is 0. The molecule has 3 heterocycles. The first-order valence-corrected chi connectivity index (χ1v) is 10.7. The summed E-state index contributed by atoms with van der Waals surface area (Å²) < 4.78 is 34.4. The van der Waals surface area contributed by atoms with E-state index in [4.69, 9.17) is 14.2 Å². The number of halogens is 3. The van der Waals surface area contributed by atoms with E-state index < -0.39 is 30.6 Å². The van der Waals surface area contributed by atoms with Gasteiger partial charge >= 0.3 is 5.97 Å². The number of hydrogen-bond acceptors (Lipinski definition) is 7. The summed E-state index contributed by atoms with van der Waals surface area (Å²) in [6, 6.07) is 9.57. The molecule has 0 aliphatic carbocycles. The van der Waals surface area contributed by atoms with Crippen molar-refractivity contribution >= 4 is 49.0 Å². The van der Waals surface area contributed by atoms with E-state index in [0.29, 0.717) is 27.1 Å². The summed E-state index contributed by atoms with van der Waals surface area (Å²) in [6.07, 6.45) is -3.20. The van der Waals surface area contributed by atoms with Gasteiger partial charge in [0.2, 0.25) is 0 Å². The number of hydrogen-bond donors (Lipinski definition) is 0. The number of esters is 1. The van der Waals surface area contributed by atoms with Crippen molar-refractivity contribution in [2.24, 2.45) is 0 Å². The van der Waals surface area contributed by atoms with Gasteiger partial charge in [-0.15, -0.1) is 0 Å². The Hall–Kier alpha value is -1.95. The standard InChI is InChI=1S/C19H17Br2FN4O4/c1-10(27)29-15-12(8-28-7-11-5-3-2-4-6-11)30-18(13(15)22)26-9-23-14-16(20)24-19(21)25-17(14)26/h2-6,9,12-13,15,18H,7-8H2,1H3/t12-,13-,15-,18-/m1/s1. The largest absolute Gasteiger partial charge is 0.456 e. The Morgan fingerprint density at radius 1 is 1.27 bits per heavy atom. The second kappa shape index (κ2) is 9.04. The molecule has 0 bridgehead atoms. The van der Waals surface area contributed by atoms with Crippen LogP contribution in [0.1, 0.15) is 18.7 Å². The molecule has 3 aromatic rings. The lowest BCUT2D eigenvalue weighted by Crippen LogP contribution is -2.35. The molecule has 8 nitrogen and oxygen atoms in total. The van der Waals surface area contributed by atoms with Crippen LogP contribution in [0, 0.1) is 0 Å². The molecule has 0 unspecified atom stereocenters.